The van der Waals surface area contributed by atoms with Crippen molar-refractivity contribution in [1.29, 1.82) is 0 Å². The minimum atomic E-state index is 0.542. The summed E-state index contributed by atoms with van der Waals surface area (Å²) in [5.41, 5.74) is 6.58. The highest BCUT2D eigenvalue weighted by Crippen LogP contribution is 2.25. The molecule has 1 aliphatic rings. The van der Waals surface area contributed by atoms with Gasteiger partial charge in [-0.25, -0.2) is 4.98 Å². The SMILES string of the molecule is CN(Cc1nc(N)ccc1Cl)CC1CCCCC1. The lowest BCUT2D eigenvalue weighted by Gasteiger charge is -2.27. The quantitative estimate of drug-likeness (QED) is 0.910. The second kappa shape index (κ2) is 6.39. The molecule has 2 rings (SSSR count). The van der Waals surface area contributed by atoms with E-state index in [0.29, 0.717) is 10.8 Å². The Bertz CT molecular complexity index is 389. The molecule has 0 aliphatic heterocycles. The Morgan fingerprint density at radius 1 is 1.33 bits per heavy atom. The van der Waals surface area contributed by atoms with Crippen LogP contribution in [-0.4, -0.2) is 23.5 Å². The number of hydrogen-bond acceptors (Lipinski definition) is 3. The number of nitrogens with zero attached hydrogens (tertiary/aromatic N) is 2. The lowest BCUT2D eigenvalue weighted by molar-refractivity contribution is 0.226. The number of pyridine rings is 1. The van der Waals surface area contributed by atoms with E-state index in [1.807, 2.05) is 6.07 Å². The number of anilines is 1. The van der Waals surface area contributed by atoms with Crippen LogP contribution in [0.1, 0.15) is 37.8 Å². The lowest BCUT2D eigenvalue weighted by atomic mass is 9.89. The van der Waals surface area contributed by atoms with Gasteiger partial charge in [-0.2, -0.15) is 0 Å². The maximum absolute atomic E-state index is 6.14. The number of halogens is 1. The Morgan fingerprint density at radius 2 is 2.06 bits per heavy atom. The van der Waals surface area contributed by atoms with Gasteiger partial charge >= 0.3 is 0 Å². The van der Waals surface area contributed by atoms with Crippen molar-refractivity contribution in [2.45, 2.75) is 38.6 Å². The summed E-state index contributed by atoms with van der Waals surface area (Å²) in [6, 6.07) is 3.57. The summed E-state index contributed by atoms with van der Waals surface area (Å²) < 4.78 is 0. The highest BCUT2D eigenvalue weighted by Gasteiger charge is 2.16. The van der Waals surface area contributed by atoms with Gasteiger partial charge in [-0.1, -0.05) is 30.9 Å². The van der Waals surface area contributed by atoms with Crippen molar-refractivity contribution in [2.24, 2.45) is 5.92 Å². The Hall–Kier alpha value is -0.800. The standard InChI is InChI=1S/C14H22ClN3/c1-18(9-11-5-3-2-4-6-11)10-13-12(15)7-8-14(16)17-13/h7-8,11H,2-6,9-10H2,1H3,(H2,16,17). The van der Waals surface area contributed by atoms with Gasteiger partial charge in [0, 0.05) is 13.1 Å². The average molecular weight is 268 g/mol. The second-order valence-corrected chi connectivity index (χ2v) is 5.77. The van der Waals surface area contributed by atoms with E-state index in [-0.39, 0.29) is 0 Å². The molecule has 0 amide bonds. The minimum absolute atomic E-state index is 0.542. The van der Waals surface area contributed by atoms with Crippen LogP contribution in [-0.2, 0) is 6.54 Å². The molecule has 1 aliphatic carbocycles. The predicted molar refractivity (Wildman–Crippen MR) is 76.6 cm³/mol. The molecule has 0 aromatic carbocycles. The molecule has 0 atom stereocenters. The zero-order chi connectivity index (χ0) is 13.0. The van der Waals surface area contributed by atoms with E-state index in [4.69, 9.17) is 17.3 Å². The molecule has 3 nitrogen and oxygen atoms in total. The van der Waals surface area contributed by atoms with E-state index in [1.54, 1.807) is 6.07 Å². The van der Waals surface area contributed by atoms with Crippen molar-refractivity contribution >= 4 is 17.4 Å². The molecule has 1 saturated carbocycles. The van der Waals surface area contributed by atoms with Crippen molar-refractivity contribution in [3.05, 3.63) is 22.8 Å². The largest absolute Gasteiger partial charge is 0.384 e. The minimum Gasteiger partial charge on any atom is -0.384 e. The summed E-state index contributed by atoms with van der Waals surface area (Å²) in [4.78, 5) is 6.62. The van der Waals surface area contributed by atoms with Gasteiger partial charge in [0.25, 0.3) is 0 Å². The van der Waals surface area contributed by atoms with Crippen LogP contribution in [0.2, 0.25) is 5.02 Å². The predicted octanol–water partition coefficient (Wildman–Crippen LogP) is 3.33. The lowest BCUT2D eigenvalue weighted by Crippen LogP contribution is -2.27. The van der Waals surface area contributed by atoms with E-state index in [9.17, 15) is 0 Å². The van der Waals surface area contributed by atoms with Crippen molar-refractivity contribution in [3.63, 3.8) is 0 Å². The first-order chi connectivity index (χ1) is 8.65. The van der Waals surface area contributed by atoms with Gasteiger partial charge in [-0.05, 0) is 37.9 Å². The molecule has 0 spiro atoms. The average Bonchev–Trinajstić information content (AvgIpc) is 2.35. The number of rotatable bonds is 4. The Morgan fingerprint density at radius 3 is 2.78 bits per heavy atom. The van der Waals surface area contributed by atoms with Crippen LogP contribution < -0.4 is 5.73 Å². The van der Waals surface area contributed by atoms with E-state index in [0.717, 1.165) is 24.7 Å². The second-order valence-electron chi connectivity index (χ2n) is 5.37. The highest BCUT2D eigenvalue weighted by molar-refractivity contribution is 6.31. The molecule has 0 radical (unpaired) electrons. The van der Waals surface area contributed by atoms with Crippen LogP contribution in [0.25, 0.3) is 0 Å². The van der Waals surface area contributed by atoms with Gasteiger partial charge in [0.2, 0.25) is 0 Å². The third kappa shape index (κ3) is 3.85. The smallest absolute Gasteiger partial charge is 0.123 e. The highest BCUT2D eigenvalue weighted by atomic mass is 35.5. The normalized spacial score (nSPS) is 17.3. The maximum Gasteiger partial charge on any atom is 0.123 e. The Balaban J connectivity index is 1.89. The Kier molecular flexibility index (Phi) is 4.84. The van der Waals surface area contributed by atoms with Gasteiger partial charge in [-0.15, -0.1) is 0 Å². The summed E-state index contributed by atoms with van der Waals surface area (Å²) in [7, 11) is 2.13. The third-order valence-electron chi connectivity index (χ3n) is 3.65. The number of nitrogen functional groups attached to an aromatic ring is 1. The van der Waals surface area contributed by atoms with Crippen LogP contribution in [0.15, 0.2) is 12.1 Å². The molecule has 0 bridgehead atoms. The molecule has 0 unspecified atom stereocenters. The fourth-order valence-electron chi connectivity index (χ4n) is 2.74. The molecule has 1 aromatic heterocycles. The van der Waals surface area contributed by atoms with Gasteiger partial charge in [0.05, 0.1) is 10.7 Å². The van der Waals surface area contributed by atoms with Gasteiger partial charge in [0.1, 0.15) is 5.82 Å². The first kappa shape index (κ1) is 13.6. The van der Waals surface area contributed by atoms with Crippen LogP contribution in [0.3, 0.4) is 0 Å². The van der Waals surface area contributed by atoms with Gasteiger partial charge < -0.3 is 10.6 Å². The van der Waals surface area contributed by atoms with Crippen LogP contribution in [0, 0.1) is 5.92 Å². The summed E-state index contributed by atoms with van der Waals surface area (Å²) in [6.45, 7) is 1.91. The molecule has 1 heterocycles. The first-order valence-electron chi connectivity index (χ1n) is 6.74. The first-order valence-corrected chi connectivity index (χ1v) is 7.12. The summed E-state index contributed by atoms with van der Waals surface area (Å²) in [5, 5.41) is 0.708. The Labute approximate surface area is 114 Å². The van der Waals surface area contributed by atoms with Gasteiger partial charge in [-0.3, -0.25) is 0 Å². The van der Waals surface area contributed by atoms with E-state index < -0.39 is 0 Å². The molecule has 1 fully saturated rings. The number of hydrogen-bond donors (Lipinski definition) is 1. The van der Waals surface area contributed by atoms with Crippen molar-refractivity contribution in [1.82, 2.24) is 9.88 Å². The number of nitrogens with two attached hydrogens (primary N) is 1. The van der Waals surface area contributed by atoms with Gasteiger partial charge in [0.15, 0.2) is 0 Å². The molecule has 2 N–H and O–H groups in total. The van der Waals surface area contributed by atoms with Crippen molar-refractivity contribution < 1.29 is 0 Å². The fourth-order valence-corrected chi connectivity index (χ4v) is 2.91. The van der Waals surface area contributed by atoms with Crippen molar-refractivity contribution in [3.8, 4) is 0 Å². The fraction of sp³-hybridized carbons (Fsp3) is 0.643. The molecule has 4 heteroatoms. The van der Waals surface area contributed by atoms with Crippen LogP contribution in [0.5, 0.6) is 0 Å². The topological polar surface area (TPSA) is 42.2 Å². The molecule has 18 heavy (non-hydrogen) atoms. The van der Waals surface area contributed by atoms with E-state index in [2.05, 4.69) is 16.9 Å². The number of aromatic nitrogens is 1. The van der Waals surface area contributed by atoms with Crippen LogP contribution >= 0.6 is 11.6 Å². The molecular formula is C14H22ClN3. The van der Waals surface area contributed by atoms with E-state index >= 15 is 0 Å². The zero-order valence-corrected chi connectivity index (χ0v) is 11.8. The monoisotopic (exact) mass is 267 g/mol. The summed E-state index contributed by atoms with van der Waals surface area (Å²) in [5.74, 6) is 1.38. The molecule has 100 valence electrons. The molecule has 1 aromatic rings. The third-order valence-corrected chi connectivity index (χ3v) is 4.00. The molecular weight excluding hydrogens is 246 g/mol. The van der Waals surface area contributed by atoms with Crippen LogP contribution in [0.4, 0.5) is 5.82 Å². The zero-order valence-electron chi connectivity index (χ0n) is 11.0. The van der Waals surface area contributed by atoms with Crippen molar-refractivity contribution in [2.75, 3.05) is 19.3 Å². The summed E-state index contributed by atoms with van der Waals surface area (Å²) >= 11 is 6.14. The van der Waals surface area contributed by atoms with E-state index in [1.165, 1.54) is 32.1 Å². The maximum atomic E-state index is 6.14. The molecule has 0 saturated heterocycles. The summed E-state index contributed by atoms with van der Waals surface area (Å²) in [6.07, 6.45) is 6.90.